The van der Waals surface area contributed by atoms with Crippen molar-refractivity contribution in [2.75, 3.05) is 13.6 Å². The maximum absolute atomic E-state index is 11.3. The van der Waals surface area contributed by atoms with Gasteiger partial charge in [0, 0.05) is 6.42 Å². The molecule has 0 aliphatic rings. The fraction of sp³-hybridized carbons (Fsp3) is 0.867. The van der Waals surface area contributed by atoms with Gasteiger partial charge in [-0.3, -0.25) is 9.59 Å². The first-order valence-corrected chi connectivity index (χ1v) is 7.58. The fourth-order valence-electron chi connectivity index (χ4n) is 1.94. The van der Waals surface area contributed by atoms with Crippen LogP contribution in [0.15, 0.2) is 0 Å². The van der Waals surface area contributed by atoms with Crippen LogP contribution in [0.3, 0.4) is 0 Å². The summed E-state index contributed by atoms with van der Waals surface area (Å²) in [6.07, 6.45) is 11.2. The number of carbonyl (C=O) groups excluding carboxylic acids is 2. The molecular formula is C15H31NNa2O3. The van der Waals surface area contributed by atoms with Crippen LogP contribution in [0.4, 0.5) is 0 Å². The Morgan fingerprint density at radius 2 is 1.29 bits per heavy atom. The second-order valence-corrected chi connectivity index (χ2v) is 4.95. The summed E-state index contributed by atoms with van der Waals surface area (Å²) >= 11 is 0. The van der Waals surface area contributed by atoms with Crippen LogP contribution in [-0.4, -0.2) is 84.6 Å². The van der Waals surface area contributed by atoms with Crippen molar-refractivity contribution in [1.29, 1.82) is 0 Å². The molecule has 0 aliphatic carbocycles. The third-order valence-electron chi connectivity index (χ3n) is 3.03. The van der Waals surface area contributed by atoms with E-state index in [9.17, 15) is 9.59 Å². The Bertz CT molecular complexity index is 251. The summed E-state index contributed by atoms with van der Waals surface area (Å²) in [6.45, 7) is 2.31. The zero-order valence-electron chi connectivity index (χ0n) is 12.5. The third-order valence-corrected chi connectivity index (χ3v) is 3.03. The number of ether oxygens (including phenoxy) is 1. The van der Waals surface area contributed by atoms with Gasteiger partial charge in [0.05, 0.1) is 6.54 Å². The standard InChI is InChI=1S/C15H29NO3.2Na.2H/c1-3-4-5-6-7-8-9-10-11-12-14(17)19-15(18)13-16-2;;;;/h16H,3-13H2,1-2H3;;;;. The topological polar surface area (TPSA) is 55.4 Å². The van der Waals surface area contributed by atoms with E-state index in [2.05, 4.69) is 17.0 Å². The molecule has 116 valence electrons. The van der Waals surface area contributed by atoms with E-state index >= 15 is 0 Å². The van der Waals surface area contributed by atoms with Crippen molar-refractivity contribution in [3.05, 3.63) is 0 Å². The molecule has 0 aliphatic heterocycles. The minimum atomic E-state index is -0.497. The van der Waals surface area contributed by atoms with E-state index in [0.29, 0.717) is 6.42 Å². The molecule has 4 nitrogen and oxygen atoms in total. The molecule has 0 saturated heterocycles. The first kappa shape index (κ1) is 27.0. The molecule has 0 saturated carbocycles. The van der Waals surface area contributed by atoms with Crippen LogP contribution in [0.2, 0.25) is 0 Å². The van der Waals surface area contributed by atoms with Crippen molar-refractivity contribution < 1.29 is 14.3 Å². The summed E-state index contributed by atoms with van der Waals surface area (Å²) in [4.78, 5) is 22.3. The normalized spacial score (nSPS) is 9.43. The van der Waals surface area contributed by atoms with Crippen LogP contribution >= 0.6 is 0 Å². The summed E-state index contributed by atoms with van der Waals surface area (Å²) in [7, 11) is 1.65. The van der Waals surface area contributed by atoms with Crippen molar-refractivity contribution in [1.82, 2.24) is 5.32 Å². The average Bonchev–Trinajstić information content (AvgIpc) is 2.37. The quantitative estimate of drug-likeness (QED) is 0.258. The van der Waals surface area contributed by atoms with E-state index in [4.69, 9.17) is 0 Å². The molecule has 21 heavy (non-hydrogen) atoms. The van der Waals surface area contributed by atoms with Gasteiger partial charge < -0.3 is 10.1 Å². The predicted octanol–water partition coefficient (Wildman–Crippen LogP) is 1.90. The molecule has 0 spiro atoms. The van der Waals surface area contributed by atoms with Crippen molar-refractivity contribution in [3.8, 4) is 0 Å². The summed E-state index contributed by atoms with van der Waals surface area (Å²) in [6, 6.07) is 0. The molecule has 0 unspecified atom stereocenters. The summed E-state index contributed by atoms with van der Waals surface area (Å²) in [5.41, 5.74) is 0. The van der Waals surface area contributed by atoms with Crippen LogP contribution in [0.25, 0.3) is 0 Å². The Balaban J connectivity index is -0.00000162. The molecule has 6 heteroatoms. The number of likely N-dealkylation sites (N-methyl/N-ethyl adjacent to an activating group) is 1. The van der Waals surface area contributed by atoms with E-state index in [1.54, 1.807) is 7.05 Å². The Morgan fingerprint density at radius 3 is 1.76 bits per heavy atom. The van der Waals surface area contributed by atoms with E-state index < -0.39 is 11.9 Å². The number of esters is 2. The van der Waals surface area contributed by atoms with Crippen LogP contribution in [0.5, 0.6) is 0 Å². The molecule has 0 rings (SSSR count). The van der Waals surface area contributed by atoms with E-state index in [1.807, 2.05) is 0 Å². The molecule has 0 heterocycles. The third kappa shape index (κ3) is 21.1. The van der Waals surface area contributed by atoms with E-state index in [1.165, 1.54) is 44.9 Å². The zero-order chi connectivity index (χ0) is 14.3. The molecule has 0 aromatic heterocycles. The van der Waals surface area contributed by atoms with Crippen LogP contribution in [0, 0.1) is 0 Å². The van der Waals surface area contributed by atoms with Gasteiger partial charge in [-0.25, -0.2) is 0 Å². The van der Waals surface area contributed by atoms with Crippen molar-refractivity contribution in [2.24, 2.45) is 0 Å². The van der Waals surface area contributed by atoms with Gasteiger partial charge >= 0.3 is 71.1 Å². The van der Waals surface area contributed by atoms with Gasteiger partial charge in [0.15, 0.2) is 0 Å². The molecule has 0 atom stereocenters. The Kier molecular flexibility index (Phi) is 27.1. The van der Waals surface area contributed by atoms with Gasteiger partial charge in [-0.1, -0.05) is 58.3 Å². The second-order valence-electron chi connectivity index (χ2n) is 4.95. The molecule has 0 radical (unpaired) electrons. The van der Waals surface area contributed by atoms with Crippen LogP contribution < -0.4 is 5.32 Å². The number of rotatable bonds is 12. The summed E-state index contributed by atoms with van der Waals surface area (Å²) < 4.78 is 4.62. The number of hydrogen-bond donors (Lipinski definition) is 1. The SMILES string of the molecule is CCCCCCCCCCCC(=O)OC(=O)CNC.[NaH].[NaH]. The molecule has 0 aromatic rings. The predicted molar refractivity (Wildman–Crippen MR) is 91.2 cm³/mol. The van der Waals surface area contributed by atoms with Crippen molar-refractivity contribution in [2.45, 2.75) is 71.1 Å². The fourth-order valence-corrected chi connectivity index (χ4v) is 1.94. The molecule has 0 amide bonds. The van der Waals surface area contributed by atoms with Gasteiger partial charge in [0.2, 0.25) is 0 Å². The zero-order valence-corrected chi connectivity index (χ0v) is 12.5. The Labute approximate surface area is 174 Å². The monoisotopic (exact) mass is 319 g/mol. The van der Waals surface area contributed by atoms with Crippen molar-refractivity contribution >= 4 is 71.1 Å². The van der Waals surface area contributed by atoms with Gasteiger partial charge in [0.25, 0.3) is 0 Å². The second kappa shape index (κ2) is 21.1. The average molecular weight is 319 g/mol. The number of hydrogen-bond acceptors (Lipinski definition) is 4. The van der Waals surface area contributed by atoms with Gasteiger partial charge in [-0.05, 0) is 13.5 Å². The first-order chi connectivity index (χ1) is 9.20. The minimum absolute atomic E-state index is 0. The van der Waals surface area contributed by atoms with Gasteiger partial charge in [-0.2, -0.15) is 0 Å². The Morgan fingerprint density at radius 1 is 0.810 bits per heavy atom. The van der Waals surface area contributed by atoms with Crippen LogP contribution in [0.1, 0.15) is 71.1 Å². The summed E-state index contributed by atoms with van der Waals surface area (Å²) in [5.74, 6) is -0.897. The molecular weight excluding hydrogens is 288 g/mol. The summed E-state index contributed by atoms with van der Waals surface area (Å²) in [5, 5.41) is 2.65. The van der Waals surface area contributed by atoms with E-state index in [-0.39, 0.29) is 65.7 Å². The Hall–Kier alpha value is 1.10. The molecule has 1 N–H and O–H groups in total. The molecule has 0 aromatic carbocycles. The van der Waals surface area contributed by atoms with E-state index in [0.717, 1.165) is 12.8 Å². The number of unbranched alkanes of at least 4 members (excludes halogenated alkanes) is 8. The maximum atomic E-state index is 11.3. The van der Waals surface area contributed by atoms with Crippen molar-refractivity contribution in [3.63, 3.8) is 0 Å². The molecule has 0 fully saturated rings. The first-order valence-electron chi connectivity index (χ1n) is 7.58. The number of nitrogens with one attached hydrogen (secondary N) is 1. The molecule has 0 bridgehead atoms. The van der Waals surface area contributed by atoms with Gasteiger partial charge in [0.1, 0.15) is 0 Å². The van der Waals surface area contributed by atoms with Gasteiger partial charge in [-0.15, -0.1) is 0 Å². The number of carbonyl (C=O) groups is 2. The van der Waals surface area contributed by atoms with Crippen LogP contribution in [-0.2, 0) is 14.3 Å².